The zero-order valence-electron chi connectivity index (χ0n) is 8.96. The second-order valence-corrected chi connectivity index (χ2v) is 5.28. The zero-order valence-corrected chi connectivity index (χ0v) is 9.77. The van der Waals surface area contributed by atoms with Gasteiger partial charge < -0.3 is 0 Å². The summed E-state index contributed by atoms with van der Waals surface area (Å²) in [5, 5.41) is 1.24. The maximum Gasteiger partial charge on any atom is 0.416 e. The van der Waals surface area contributed by atoms with E-state index in [1.807, 2.05) is 0 Å². The van der Waals surface area contributed by atoms with Crippen molar-refractivity contribution in [3.63, 3.8) is 0 Å². The molecule has 1 aromatic carbocycles. The molecule has 0 aliphatic carbocycles. The third-order valence-corrected chi connectivity index (χ3v) is 3.34. The molecule has 0 amide bonds. The molecule has 0 aliphatic rings. The number of sulfonamides is 1. The van der Waals surface area contributed by atoms with Crippen LogP contribution < -0.4 is 5.14 Å². The summed E-state index contributed by atoms with van der Waals surface area (Å²) in [6.45, 7) is 0. The van der Waals surface area contributed by atoms with E-state index >= 15 is 0 Å². The minimum absolute atomic E-state index is 0.114. The summed E-state index contributed by atoms with van der Waals surface area (Å²) in [4.78, 5) is 0. The van der Waals surface area contributed by atoms with Gasteiger partial charge in [-0.15, -0.1) is 0 Å². The van der Waals surface area contributed by atoms with Crippen molar-refractivity contribution in [2.75, 3.05) is 0 Å². The van der Waals surface area contributed by atoms with E-state index in [9.17, 15) is 34.8 Å². The Kier molecular flexibility index (Phi) is 3.88. The molecular weight excluding hydrogens is 300 g/mol. The van der Waals surface area contributed by atoms with E-state index < -0.39 is 38.8 Å². The number of hydrogen-bond donors (Lipinski definition) is 1. The molecule has 2 N–H and O–H groups in total. The molecule has 0 heterocycles. The van der Waals surface area contributed by atoms with Crippen molar-refractivity contribution >= 4 is 10.0 Å². The monoisotopic (exact) mass is 307 g/mol. The lowest BCUT2D eigenvalue weighted by molar-refractivity contribution is -0.139. The van der Waals surface area contributed by atoms with Crippen LogP contribution in [0.5, 0.6) is 0 Å². The average Bonchev–Trinajstić information content (AvgIpc) is 2.11. The summed E-state index contributed by atoms with van der Waals surface area (Å²) in [6, 6.07) is 1.95. The Labute approximate surface area is 104 Å². The van der Waals surface area contributed by atoms with Crippen LogP contribution in [0.1, 0.15) is 16.4 Å². The molecule has 108 valence electrons. The number of hydrogen-bond acceptors (Lipinski definition) is 2. The molecule has 1 rings (SSSR count). The zero-order chi connectivity index (χ0) is 15.1. The van der Waals surface area contributed by atoms with Gasteiger partial charge in [0.05, 0.1) is 5.56 Å². The fourth-order valence-corrected chi connectivity index (χ4v) is 2.34. The van der Waals surface area contributed by atoms with E-state index in [1.165, 1.54) is 0 Å². The number of rotatable bonds is 2. The first-order chi connectivity index (χ1) is 8.33. The summed E-state index contributed by atoms with van der Waals surface area (Å²) in [6.07, 6.45) is -10.2. The maximum atomic E-state index is 12.6. The van der Waals surface area contributed by atoms with Crippen LogP contribution in [-0.2, 0) is 16.2 Å². The van der Waals surface area contributed by atoms with Gasteiger partial charge in [-0.1, -0.05) is 18.2 Å². The molecule has 0 aliphatic heterocycles. The predicted molar refractivity (Wildman–Crippen MR) is 53.3 cm³/mol. The van der Waals surface area contributed by atoms with Crippen molar-refractivity contribution in [1.82, 2.24) is 0 Å². The maximum absolute atomic E-state index is 12.6. The van der Waals surface area contributed by atoms with Crippen molar-refractivity contribution in [2.24, 2.45) is 5.14 Å². The Morgan fingerprint density at radius 3 is 1.95 bits per heavy atom. The first-order valence-corrected chi connectivity index (χ1v) is 6.20. The third-order valence-electron chi connectivity index (χ3n) is 2.14. The van der Waals surface area contributed by atoms with Crippen LogP contribution in [0.15, 0.2) is 24.3 Å². The van der Waals surface area contributed by atoms with Crippen molar-refractivity contribution < 1.29 is 34.8 Å². The number of halogens is 6. The molecule has 10 heteroatoms. The molecule has 0 saturated carbocycles. The van der Waals surface area contributed by atoms with Gasteiger partial charge in [-0.05, 0) is 11.6 Å². The number of benzene rings is 1. The molecule has 0 aromatic heterocycles. The molecule has 0 radical (unpaired) electrons. The summed E-state index contributed by atoms with van der Waals surface area (Å²) >= 11 is 0. The molecule has 0 bridgehead atoms. The van der Waals surface area contributed by atoms with Gasteiger partial charge in [0.25, 0.3) is 0 Å². The highest BCUT2D eigenvalue weighted by Gasteiger charge is 2.49. The highest BCUT2D eigenvalue weighted by atomic mass is 32.2. The van der Waals surface area contributed by atoms with Gasteiger partial charge in [0.2, 0.25) is 10.0 Å². The topological polar surface area (TPSA) is 60.2 Å². The molecule has 0 spiro atoms. The van der Waals surface area contributed by atoms with Crippen LogP contribution in [-0.4, -0.2) is 14.6 Å². The smallest absolute Gasteiger partial charge is 0.228 e. The molecular formula is C9H7F6NO2S. The Bertz CT molecular complexity index is 563. The van der Waals surface area contributed by atoms with E-state index in [0.717, 1.165) is 0 Å². The van der Waals surface area contributed by atoms with E-state index in [-0.39, 0.29) is 6.07 Å². The van der Waals surface area contributed by atoms with Crippen LogP contribution in [0.2, 0.25) is 0 Å². The second-order valence-electron chi connectivity index (χ2n) is 3.63. The van der Waals surface area contributed by atoms with Gasteiger partial charge in [-0.2, -0.15) is 26.3 Å². The highest BCUT2D eigenvalue weighted by molar-refractivity contribution is 7.89. The van der Waals surface area contributed by atoms with Crippen LogP contribution in [0.4, 0.5) is 26.3 Å². The second kappa shape index (κ2) is 4.67. The molecule has 1 unspecified atom stereocenters. The first kappa shape index (κ1) is 15.8. The third kappa shape index (κ3) is 3.83. The normalized spacial score (nSPS) is 15.3. The standard InChI is InChI=1S/C9H7F6NO2S/c10-8(11,12)6-3-1-2-5(4-6)7(9(13,14)15)19(16,17)18/h1-4,7H,(H2,16,17,18). The van der Waals surface area contributed by atoms with E-state index in [2.05, 4.69) is 5.14 Å². The van der Waals surface area contributed by atoms with Crippen LogP contribution in [0.3, 0.4) is 0 Å². The number of alkyl halides is 6. The van der Waals surface area contributed by atoms with Gasteiger partial charge in [0, 0.05) is 0 Å². The lowest BCUT2D eigenvalue weighted by Crippen LogP contribution is -2.33. The average molecular weight is 307 g/mol. The van der Waals surface area contributed by atoms with Crippen molar-refractivity contribution in [3.05, 3.63) is 35.4 Å². The molecule has 0 saturated heterocycles. The Balaban J connectivity index is 3.42. The fourth-order valence-electron chi connectivity index (χ4n) is 1.44. The molecule has 1 atom stereocenters. The molecule has 3 nitrogen and oxygen atoms in total. The van der Waals surface area contributed by atoms with Crippen LogP contribution in [0, 0.1) is 0 Å². The summed E-state index contributed by atoms with van der Waals surface area (Å²) < 4.78 is 96.7. The van der Waals surface area contributed by atoms with Gasteiger partial charge in [-0.3, -0.25) is 0 Å². The minimum atomic E-state index is -5.31. The summed E-state index contributed by atoms with van der Waals surface area (Å²) in [7, 11) is -5.13. The molecule has 19 heavy (non-hydrogen) atoms. The van der Waals surface area contributed by atoms with Gasteiger partial charge >= 0.3 is 12.4 Å². The van der Waals surface area contributed by atoms with Gasteiger partial charge in [0.15, 0.2) is 5.25 Å². The molecule has 0 fully saturated rings. The minimum Gasteiger partial charge on any atom is -0.228 e. The van der Waals surface area contributed by atoms with Crippen molar-refractivity contribution in [3.8, 4) is 0 Å². The summed E-state index contributed by atoms with van der Waals surface area (Å²) in [5.74, 6) is 0. The predicted octanol–water partition coefficient (Wildman–Crippen LogP) is 2.60. The summed E-state index contributed by atoms with van der Waals surface area (Å²) in [5.41, 5.74) is -2.47. The van der Waals surface area contributed by atoms with Crippen LogP contribution >= 0.6 is 0 Å². The lowest BCUT2D eigenvalue weighted by atomic mass is 10.1. The Morgan fingerprint density at radius 2 is 1.58 bits per heavy atom. The first-order valence-electron chi connectivity index (χ1n) is 4.59. The molecule has 1 aromatic rings. The largest absolute Gasteiger partial charge is 0.416 e. The van der Waals surface area contributed by atoms with E-state index in [4.69, 9.17) is 0 Å². The highest BCUT2D eigenvalue weighted by Crippen LogP contribution is 2.39. The van der Waals surface area contributed by atoms with Gasteiger partial charge in [-0.25, -0.2) is 13.6 Å². The Morgan fingerprint density at radius 1 is 1.05 bits per heavy atom. The van der Waals surface area contributed by atoms with E-state index in [0.29, 0.717) is 18.2 Å². The van der Waals surface area contributed by atoms with Gasteiger partial charge in [0.1, 0.15) is 0 Å². The lowest BCUT2D eigenvalue weighted by Gasteiger charge is -2.19. The number of nitrogens with two attached hydrogens (primary N) is 1. The SMILES string of the molecule is NS(=O)(=O)C(c1cccc(C(F)(F)F)c1)C(F)(F)F. The fraction of sp³-hybridized carbons (Fsp3) is 0.333. The number of primary sulfonamides is 1. The van der Waals surface area contributed by atoms with Crippen molar-refractivity contribution in [2.45, 2.75) is 17.6 Å². The Hall–Kier alpha value is -1.29. The van der Waals surface area contributed by atoms with Crippen LogP contribution in [0.25, 0.3) is 0 Å². The van der Waals surface area contributed by atoms with Crippen molar-refractivity contribution in [1.29, 1.82) is 0 Å². The quantitative estimate of drug-likeness (QED) is 0.854. The van der Waals surface area contributed by atoms with E-state index in [1.54, 1.807) is 0 Å².